The van der Waals surface area contributed by atoms with Gasteiger partial charge < -0.3 is 4.42 Å². The van der Waals surface area contributed by atoms with Crippen LogP contribution < -0.4 is 0 Å². The van der Waals surface area contributed by atoms with E-state index in [1.54, 1.807) is 0 Å². The molecule has 0 saturated heterocycles. The number of para-hydroxylation sites is 1. The van der Waals surface area contributed by atoms with Crippen LogP contribution in [0.3, 0.4) is 0 Å². The van der Waals surface area contributed by atoms with E-state index in [1.807, 2.05) is 0 Å². The summed E-state index contributed by atoms with van der Waals surface area (Å²) >= 11 is 0. The normalized spacial score (nSPS) is 11.8. The molecule has 0 spiro atoms. The van der Waals surface area contributed by atoms with E-state index in [1.165, 1.54) is 65.7 Å². The van der Waals surface area contributed by atoms with Crippen LogP contribution in [0.1, 0.15) is 0 Å². The van der Waals surface area contributed by atoms with Crippen molar-refractivity contribution in [1.82, 2.24) is 0 Å². The fraction of sp³-hybridized carbons (Fsp3) is 0. The number of benzene rings is 9. The maximum Gasteiger partial charge on any atom is 0.143 e. The Balaban J connectivity index is 1.21. The molecule has 1 nitrogen and oxygen atoms in total. The highest BCUT2D eigenvalue weighted by Crippen LogP contribution is 2.46. The number of hydrogen-bond donors (Lipinski definition) is 0. The first-order valence-electron chi connectivity index (χ1n) is 16.2. The monoisotopic (exact) mass is 596 g/mol. The van der Waals surface area contributed by atoms with E-state index in [0.29, 0.717) is 0 Å². The molecule has 0 saturated carbocycles. The molecule has 0 aliphatic heterocycles. The maximum atomic E-state index is 6.74. The highest BCUT2D eigenvalue weighted by atomic mass is 16.3. The lowest BCUT2D eigenvalue weighted by molar-refractivity contribution is 0.670. The van der Waals surface area contributed by atoms with Gasteiger partial charge in [-0.25, -0.2) is 0 Å². The predicted molar refractivity (Wildman–Crippen MR) is 199 cm³/mol. The Kier molecular flexibility index (Phi) is 5.64. The van der Waals surface area contributed by atoms with Gasteiger partial charge in [0.2, 0.25) is 0 Å². The van der Waals surface area contributed by atoms with E-state index in [4.69, 9.17) is 4.42 Å². The second-order valence-corrected chi connectivity index (χ2v) is 12.4. The number of rotatable bonds is 4. The fourth-order valence-corrected chi connectivity index (χ4v) is 7.70. The van der Waals surface area contributed by atoms with Gasteiger partial charge in [0.15, 0.2) is 0 Å². The third-order valence-electron chi connectivity index (χ3n) is 9.84. The minimum Gasteiger partial charge on any atom is -0.455 e. The van der Waals surface area contributed by atoms with Gasteiger partial charge in [0, 0.05) is 16.3 Å². The van der Waals surface area contributed by atoms with Gasteiger partial charge in [-0.15, -0.1) is 0 Å². The molecular weight excluding hydrogens is 569 g/mol. The summed E-state index contributed by atoms with van der Waals surface area (Å²) in [6.45, 7) is 0. The van der Waals surface area contributed by atoms with Gasteiger partial charge in [0.05, 0.1) is 0 Å². The molecule has 0 atom stereocenters. The number of furan rings is 1. The Morgan fingerprint density at radius 1 is 0.298 bits per heavy atom. The van der Waals surface area contributed by atoms with Crippen LogP contribution >= 0.6 is 0 Å². The highest BCUT2D eigenvalue weighted by Gasteiger charge is 2.19. The van der Waals surface area contributed by atoms with Crippen LogP contribution in [-0.4, -0.2) is 0 Å². The van der Waals surface area contributed by atoms with Crippen molar-refractivity contribution in [2.24, 2.45) is 0 Å². The molecule has 0 unspecified atom stereocenters. The first kappa shape index (κ1) is 26.1. The van der Waals surface area contributed by atoms with Gasteiger partial charge in [-0.1, -0.05) is 158 Å². The van der Waals surface area contributed by atoms with Crippen LogP contribution in [0.25, 0.3) is 98.8 Å². The molecule has 9 aromatic carbocycles. The molecule has 10 rings (SSSR count). The molecule has 0 radical (unpaired) electrons. The van der Waals surface area contributed by atoms with Gasteiger partial charge >= 0.3 is 0 Å². The lowest BCUT2D eigenvalue weighted by atomic mass is 9.86. The van der Waals surface area contributed by atoms with Crippen molar-refractivity contribution in [2.75, 3.05) is 0 Å². The maximum absolute atomic E-state index is 6.74. The Labute approximate surface area is 272 Å². The van der Waals surface area contributed by atoms with Crippen LogP contribution in [0, 0.1) is 0 Å². The van der Waals surface area contributed by atoms with Gasteiger partial charge in [0.25, 0.3) is 0 Å². The third-order valence-corrected chi connectivity index (χ3v) is 9.84. The van der Waals surface area contributed by atoms with Gasteiger partial charge in [-0.2, -0.15) is 0 Å². The zero-order valence-electron chi connectivity index (χ0n) is 25.6. The molecule has 1 aromatic heterocycles. The second kappa shape index (κ2) is 10.2. The predicted octanol–water partition coefficient (Wildman–Crippen LogP) is 13.2. The van der Waals surface area contributed by atoms with Crippen LogP contribution in [0.2, 0.25) is 0 Å². The summed E-state index contributed by atoms with van der Waals surface area (Å²) in [5, 5.41) is 10.0. The van der Waals surface area contributed by atoms with E-state index in [0.717, 1.165) is 33.1 Å². The van der Waals surface area contributed by atoms with Crippen LogP contribution in [0.4, 0.5) is 0 Å². The first-order valence-corrected chi connectivity index (χ1v) is 16.2. The van der Waals surface area contributed by atoms with E-state index >= 15 is 0 Å². The van der Waals surface area contributed by atoms with Crippen molar-refractivity contribution >= 4 is 54.3 Å². The molecule has 0 amide bonds. The van der Waals surface area contributed by atoms with E-state index in [9.17, 15) is 0 Å². The Bertz CT molecular complexity index is 2770. The summed E-state index contributed by atoms with van der Waals surface area (Å²) in [5.41, 5.74) is 11.4. The molecule has 1 heterocycles. The SMILES string of the molecule is c1ccc(-c2cccc(-c3cccc4c3oc3cccc(-c5ccc6ccc7c(-c8ccccc8)ccc8ccc5c6c87)c34)c2)cc1. The van der Waals surface area contributed by atoms with Crippen molar-refractivity contribution < 1.29 is 4.42 Å². The fourth-order valence-electron chi connectivity index (χ4n) is 7.70. The molecular formula is C46H28O. The number of fused-ring (bicyclic) bond motifs is 3. The molecule has 10 aromatic rings. The minimum absolute atomic E-state index is 0.904. The topological polar surface area (TPSA) is 13.1 Å². The van der Waals surface area contributed by atoms with Crippen molar-refractivity contribution in [3.63, 3.8) is 0 Å². The largest absolute Gasteiger partial charge is 0.455 e. The van der Waals surface area contributed by atoms with Crippen LogP contribution in [0.15, 0.2) is 174 Å². The second-order valence-electron chi connectivity index (χ2n) is 12.4. The molecule has 0 bridgehead atoms. The zero-order valence-corrected chi connectivity index (χ0v) is 25.6. The lowest BCUT2D eigenvalue weighted by Crippen LogP contribution is -1.89. The van der Waals surface area contributed by atoms with Crippen LogP contribution in [0.5, 0.6) is 0 Å². The Morgan fingerprint density at radius 3 is 1.64 bits per heavy atom. The molecule has 0 aliphatic rings. The van der Waals surface area contributed by atoms with Crippen molar-refractivity contribution in [3.05, 3.63) is 170 Å². The average Bonchev–Trinajstić information content (AvgIpc) is 3.54. The molecule has 0 aliphatic carbocycles. The number of hydrogen-bond acceptors (Lipinski definition) is 1. The van der Waals surface area contributed by atoms with Crippen molar-refractivity contribution in [1.29, 1.82) is 0 Å². The summed E-state index contributed by atoms with van der Waals surface area (Å²) in [6, 6.07) is 61.3. The zero-order chi connectivity index (χ0) is 30.9. The molecule has 47 heavy (non-hydrogen) atoms. The minimum atomic E-state index is 0.904. The molecule has 218 valence electrons. The van der Waals surface area contributed by atoms with Crippen molar-refractivity contribution in [2.45, 2.75) is 0 Å². The van der Waals surface area contributed by atoms with Crippen LogP contribution in [-0.2, 0) is 0 Å². The van der Waals surface area contributed by atoms with Gasteiger partial charge in [-0.05, 0) is 83.4 Å². The molecule has 0 N–H and O–H groups in total. The smallest absolute Gasteiger partial charge is 0.143 e. The summed E-state index contributed by atoms with van der Waals surface area (Å²) < 4.78 is 6.74. The van der Waals surface area contributed by atoms with Crippen molar-refractivity contribution in [3.8, 4) is 44.5 Å². The molecule has 1 heteroatoms. The lowest BCUT2D eigenvalue weighted by Gasteiger charge is -2.17. The quantitative estimate of drug-likeness (QED) is 0.184. The summed E-state index contributed by atoms with van der Waals surface area (Å²) in [5.74, 6) is 0. The summed E-state index contributed by atoms with van der Waals surface area (Å²) in [6.07, 6.45) is 0. The van der Waals surface area contributed by atoms with Gasteiger partial charge in [-0.3, -0.25) is 0 Å². The third kappa shape index (κ3) is 3.97. The highest BCUT2D eigenvalue weighted by molar-refractivity contribution is 6.29. The summed E-state index contributed by atoms with van der Waals surface area (Å²) in [7, 11) is 0. The first-order chi connectivity index (χ1) is 23.3. The average molecular weight is 597 g/mol. The van der Waals surface area contributed by atoms with Gasteiger partial charge in [0.1, 0.15) is 11.2 Å². The van der Waals surface area contributed by atoms with E-state index in [2.05, 4.69) is 170 Å². The molecule has 0 fully saturated rings. The summed E-state index contributed by atoms with van der Waals surface area (Å²) in [4.78, 5) is 0. The van der Waals surface area contributed by atoms with E-state index in [-0.39, 0.29) is 0 Å². The van der Waals surface area contributed by atoms with E-state index < -0.39 is 0 Å². The Morgan fingerprint density at radius 2 is 0.872 bits per heavy atom. The standard InChI is InChI=1S/C46H28O/c1-3-10-29(11-4-1)33-14-7-15-34(28-33)36-16-8-18-41-45-38(17-9-19-42(45)47-46(36)41)37-25-21-32-22-26-39-35(30-12-5-2-6-13-30)24-20-31-23-27-40(37)44(32)43(31)39/h1-28H. The Hall–Kier alpha value is -6.18.